The summed E-state index contributed by atoms with van der Waals surface area (Å²) < 4.78 is 25.2. The molecule has 3 aromatic rings. The average Bonchev–Trinajstić information content (AvgIpc) is 3.19. The van der Waals surface area contributed by atoms with Gasteiger partial charge >= 0.3 is 0 Å². The van der Waals surface area contributed by atoms with E-state index in [-0.39, 0.29) is 30.1 Å². The molecule has 30 heavy (non-hydrogen) atoms. The van der Waals surface area contributed by atoms with Gasteiger partial charge in [-0.3, -0.25) is 0 Å². The maximum Gasteiger partial charge on any atom is 0.232 e. The van der Waals surface area contributed by atoms with Crippen molar-refractivity contribution in [2.45, 2.75) is 26.0 Å². The fraction of sp³-hybridized carbons (Fsp3) is 0.316. The van der Waals surface area contributed by atoms with Crippen LogP contribution in [0.25, 0.3) is 21.1 Å². The van der Waals surface area contributed by atoms with E-state index in [1.807, 2.05) is 13.8 Å². The topological polar surface area (TPSA) is 103 Å². The van der Waals surface area contributed by atoms with Crippen molar-refractivity contribution in [1.82, 2.24) is 15.2 Å². The number of rotatable bonds is 8. The highest BCUT2D eigenvalue weighted by molar-refractivity contribution is 7.18. The Hall–Kier alpha value is -2.04. The molecular formula is C19H19Cl2FN4O3S. The molecule has 3 N–H and O–H groups in total. The predicted octanol–water partition coefficient (Wildman–Crippen LogP) is 4.20. The first kappa shape index (κ1) is 22.6. The Bertz CT molecular complexity index is 1040. The average molecular weight is 473 g/mol. The van der Waals surface area contributed by atoms with E-state index in [4.69, 9.17) is 43.5 Å². The Kier molecular flexibility index (Phi) is 7.43. The molecule has 160 valence electrons. The highest BCUT2D eigenvalue weighted by Gasteiger charge is 2.17. The van der Waals surface area contributed by atoms with Crippen LogP contribution in [0.4, 0.5) is 4.39 Å². The number of nitrogens with zero attached hydrogens (tertiary/aromatic N) is 3. The number of hydrogen-bond acceptors (Lipinski definition) is 8. The molecule has 0 aliphatic rings. The van der Waals surface area contributed by atoms with E-state index < -0.39 is 11.9 Å². The smallest absolute Gasteiger partial charge is 0.232 e. The van der Waals surface area contributed by atoms with Crippen molar-refractivity contribution < 1.29 is 19.0 Å². The third-order valence-electron chi connectivity index (χ3n) is 3.77. The Morgan fingerprint density at radius 3 is 2.57 bits per heavy atom. The molecule has 2 heterocycles. The van der Waals surface area contributed by atoms with Gasteiger partial charge in [-0.2, -0.15) is 0 Å². The molecule has 0 saturated heterocycles. The lowest BCUT2D eigenvalue weighted by Gasteiger charge is -2.12. The van der Waals surface area contributed by atoms with E-state index in [1.165, 1.54) is 23.5 Å². The fourth-order valence-corrected chi connectivity index (χ4v) is 3.72. The van der Waals surface area contributed by atoms with Crippen LogP contribution in [0.15, 0.2) is 24.4 Å². The van der Waals surface area contributed by atoms with Crippen LogP contribution in [0.3, 0.4) is 0 Å². The number of aliphatic hydroxyl groups is 1. The first-order chi connectivity index (χ1) is 14.3. The summed E-state index contributed by atoms with van der Waals surface area (Å²) in [5, 5.41) is 18.7. The second kappa shape index (κ2) is 9.84. The summed E-state index contributed by atoms with van der Waals surface area (Å²) in [7, 11) is 0. The third-order valence-corrected chi connectivity index (χ3v) is 5.36. The van der Waals surface area contributed by atoms with Gasteiger partial charge in [0, 0.05) is 23.4 Å². The summed E-state index contributed by atoms with van der Waals surface area (Å²) >= 11 is 13.7. The quantitative estimate of drug-likeness (QED) is 0.506. The van der Waals surface area contributed by atoms with E-state index in [0.717, 1.165) is 0 Å². The lowest BCUT2D eigenvalue weighted by atomic mass is 10.2. The van der Waals surface area contributed by atoms with E-state index >= 15 is 0 Å². The van der Waals surface area contributed by atoms with Gasteiger partial charge in [0.2, 0.25) is 5.88 Å². The first-order valence-corrected chi connectivity index (χ1v) is 10.5. The summed E-state index contributed by atoms with van der Waals surface area (Å²) in [5.74, 6) is -0.355. The number of aromatic nitrogens is 3. The van der Waals surface area contributed by atoms with E-state index in [9.17, 15) is 4.39 Å². The van der Waals surface area contributed by atoms with Crippen molar-refractivity contribution in [3.63, 3.8) is 0 Å². The molecule has 0 aliphatic carbocycles. The highest BCUT2D eigenvalue weighted by Crippen LogP contribution is 2.38. The number of aliphatic hydroxyl groups excluding tert-OH is 1. The summed E-state index contributed by atoms with van der Waals surface area (Å²) in [6.07, 6.45) is 1.52. The van der Waals surface area contributed by atoms with Crippen LogP contribution < -0.4 is 15.2 Å². The van der Waals surface area contributed by atoms with Gasteiger partial charge in [0.15, 0.2) is 11.6 Å². The molecule has 0 radical (unpaired) electrons. The summed E-state index contributed by atoms with van der Waals surface area (Å²) in [6.45, 7) is 3.44. The Morgan fingerprint density at radius 2 is 1.90 bits per heavy atom. The first-order valence-electron chi connectivity index (χ1n) is 8.93. The number of nitrogens with two attached hydrogens (primary N) is 1. The van der Waals surface area contributed by atoms with Crippen LogP contribution in [0.1, 0.15) is 13.8 Å². The fourth-order valence-electron chi connectivity index (χ4n) is 2.35. The molecule has 0 spiro atoms. The normalized spacial score (nSPS) is 12.3. The maximum absolute atomic E-state index is 14.4. The van der Waals surface area contributed by atoms with Gasteiger partial charge in [-0.1, -0.05) is 34.5 Å². The van der Waals surface area contributed by atoms with Gasteiger partial charge in [-0.15, -0.1) is 10.2 Å². The highest BCUT2D eigenvalue weighted by atomic mass is 35.5. The van der Waals surface area contributed by atoms with Gasteiger partial charge in [0.25, 0.3) is 0 Å². The molecule has 0 amide bonds. The molecule has 1 unspecified atom stereocenters. The van der Waals surface area contributed by atoms with Crippen molar-refractivity contribution in [2.75, 3.05) is 13.2 Å². The lowest BCUT2D eigenvalue weighted by Crippen LogP contribution is -2.31. The Balaban J connectivity index is 1.84. The van der Waals surface area contributed by atoms with Crippen molar-refractivity contribution in [1.29, 1.82) is 0 Å². The van der Waals surface area contributed by atoms with Crippen molar-refractivity contribution >= 4 is 34.5 Å². The van der Waals surface area contributed by atoms with Crippen LogP contribution in [-0.2, 0) is 0 Å². The molecule has 7 nitrogen and oxygen atoms in total. The summed E-state index contributed by atoms with van der Waals surface area (Å²) in [4.78, 5) is 4.22. The largest absolute Gasteiger partial charge is 0.489 e. The molecule has 3 rings (SSSR count). The zero-order chi connectivity index (χ0) is 21.8. The van der Waals surface area contributed by atoms with Crippen molar-refractivity contribution in [3.8, 4) is 32.8 Å². The van der Waals surface area contributed by atoms with Crippen molar-refractivity contribution in [2.24, 2.45) is 5.73 Å². The minimum Gasteiger partial charge on any atom is -0.489 e. The molecule has 0 saturated carbocycles. The second-order valence-electron chi connectivity index (χ2n) is 6.61. The Labute approximate surface area is 186 Å². The zero-order valence-electron chi connectivity index (χ0n) is 16.1. The monoisotopic (exact) mass is 472 g/mol. The second-order valence-corrected chi connectivity index (χ2v) is 8.40. The lowest BCUT2D eigenvalue weighted by molar-refractivity contribution is 0.202. The minimum atomic E-state index is -0.629. The molecule has 2 aromatic heterocycles. The van der Waals surface area contributed by atoms with Gasteiger partial charge in [0.1, 0.15) is 21.6 Å². The van der Waals surface area contributed by atoms with E-state index in [0.29, 0.717) is 32.0 Å². The zero-order valence-corrected chi connectivity index (χ0v) is 18.4. The van der Waals surface area contributed by atoms with Crippen LogP contribution in [0.5, 0.6) is 11.6 Å². The molecule has 11 heteroatoms. The molecule has 0 aliphatic heterocycles. The molecule has 0 fully saturated rings. The van der Waals surface area contributed by atoms with Crippen LogP contribution >= 0.6 is 34.5 Å². The van der Waals surface area contributed by atoms with Crippen molar-refractivity contribution in [3.05, 3.63) is 40.3 Å². The van der Waals surface area contributed by atoms with Crippen LogP contribution in [0.2, 0.25) is 10.0 Å². The predicted molar refractivity (Wildman–Crippen MR) is 115 cm³/mol. The van der Waals surface area contributed by atoms with Crippen LogP contribution in [0, 0.1) is 5.82 Å². The third kappa shape index (κ3) is 5.35. The van der Waals surface area contributed by atoms with Gasteiger partial charge in [-0.25, -0.2) is 9.37 Å². The number of hydrogen-bond donors (Lipinski definition) is 2. The van der Waals surface area contributed by atoms with E-state index in [2.05, 4.69) is 15.2 Å². The number of ether oxygens (including phenoxy) is 2. The molecule has 0 bridgehead atoms. The van der Waals surface area contributed by atoms with Gasteiger partial charge in [0.05, 0.1) is 23.8 Å². The molecular weight excluding hydrogens is 454 g/mol. The maximum atomic E-state index is 14.4. The number of benzene rings is 1. The standard InChI is InChI=1S/C19H19Cl2FN4O3S/c1-9(2)29-17-14(21)3-10(6-24-17)18-25-26-19(30-18)12-4-15(22)16(5-13(12)20)28-8-11(23)7-27/h3-6,9,11,27H,7-8,23H2,1-2H3. The van der Waals surface area contributed by atoms with Gasteiger partial charge < -0.3 is 20.3 Å². The molecule has 1 atom stereocenters. The van der Waals surface area contributed by atoms with Crippen LogP contribution in [-0.4, -0.2) is 45.6 Å². The Morgan fingerprint density at radius 1 is 1.17 bits per heavy atom. The SMILES string of the molecule is CC(C)Oc1ncc(-c2nnc(-c3cc(F)c(OCC(N)CO)cc3Cl)s2)cc1Cl. The number of pyridine rings is 1. The van der Waals surface area contributed by atoms with E-state index in [1.54, 1.807) is 12.3 Å². The van der Waals surface area contributed by atoms with Gasteiger partial charge in [-0.05, 0) is 26.0 Å². The minimum absolute atomic E-state index is 0.0453. The summed E-state index contributed by atoms with van der Waals surface area (Å²) in [6, 6.07) is 3.62. The number of halogens is 3. The summed E-state index contributed by atoms with van der Waals surface area (Å²) in [5.41, 5.74) is 6.58. The molecule has 1 aromatic carbocycles.